The predicted octanol–water partition coefficient (Wildman–Crippen LogP) is 3.59. The zero-order valence-electron chi connectivity index (χ0n) is 13.7. The monoisotopic (exact) mass is 368 g/mol. The van der Waals surface area contributed by atoms with Crippen LogP contribution >= 0.6 is 11.6 Å². The number of aliphatic imine (C=N–C) groups is 1. The molecule has 2 rings (SSSR count). The maximum Gasteiger partial charge on any atom is 0.387 e. The van der Waals surface area contributed by atoms with Gasteiger partial charge in [-0.1, -0.05) is 17.7 Å². The Labute approximate surface area is 150 Å². The minimum Gasteiger partial charge on any atom is -0.434 e. The highest BCUT2D eigenvalue weighted by Crippen LogP contribution is 2.25. The van der Waals surface area contributed by atoms with Crippen LogP contribution < -0.4 is 15.4 Å². The third-order valence-electron chi connectivity index (χ3n) is 3.15. The van der Waals surface area contributed by atoms with Gasteiger partial charge in [0.1, 0.15) is 5.75 Å². The smallest absolute Gasteiger partial charge is 0.387 e. The molecular weight excluding hydrogens is 350 g/mol. The van der Waals surface area contributed by atoms with Gasteiger partial charge < -0.3 is 15.4 Å². The normalized spacial score (nSPS) is 11.5. The summed E-state index contributed by atoms with van der Waals surface area (Å²) >= 11 is 5.94. The number of alkyl halides is 2. The van der Waals surface area contributed by atoms with Gasteiger partial charge in [-0.3, -0.25) is 4.98 Å². The van der Waals surface area contributed by atoms with E-state index in [4.69, 9.17) is 11.6 Å². The highest BCUT2D eigenvalue weighted by Gasteiger charge is 2.10. The molecule has 0 aliphatic rings. The Morgan fingerprint density at radius 3 is 2.80 bits per heavy atom. The van der Waals surface area contributed by atoms with Gasteiger partial charge in [-0.2, -0.15) is 8.78 Å². The number of nitrogens with zero attached hydrogens (tertiary/aromatic N) is 2. The molecule has 25 heavy (non-hydrogen) atoms. The minimum atomic E-state index is -2.90. The van der Waals surface area contributed by atoms with E-state index in [0.717, 1.165) is 5.69 Å². The average Bonchev–Trinajstić information content (AvgIpc) is 2.60. The van der Waals surface area contributed by atoms with Gasteiger partial charge in [0.2, 0.25) is 0 Å². The van der Waals surface area contributed by atoms with Crippen molar-refractivity contribution in [3.8, 4) is 5.75 Å². The van der Waals surface area contributed by atoms with Crippen LogP contribution in [-0.2, 0) is 13.1 Å². The van der Waals surface area contributed by atoms with Crippen molar-refractivity contribution in [1.29, 1.82) is 0 Å². The lowest BCUT2D eigenvalue weighted by atomic mass is 10.2. The molecule has 2 N–H and O–H groups in total. The number of guanidine groups is 1. The van der Waals surface area contributed by atoms with Gasteiger partial charge in [0.25, 0.3) is 0 Å². The van der Waals surface area contributed by atoms with Gasteiger partial charge in [-0.25, -0.2) is 4.99 Å². The van der Waals surface area contributed by atoms with Gasteiger partial charge in [-0.05, 0) is 37.3 Å². The largest absolute Gasteiger partial charge is 0.434 e. The summed E-state index contributed by atoms with van der Waals surface area (Å²) in [6.07, 6.45) is 1.71. The van der Waals surface area contributed by atoms with E-state index in [2.05, 4.69) is 25.3 Å². The van der Waals surface area contributed by atoms with Crippen LogP contribution in [0.5, 0.6) is 5.75 Å². The van der Waals surface area contributed by atoms with Crippen molar-refractivity contribution in [2.24, 2.45) is 4.99 Å². The van der Waals surface area contributed by atoms with Gasteiger partial charge in [-0.15, -0.1) is 0 Å². The second-order valence-corrected chi connectivity index (χ2v) is 5.44. The van der Waals surface area contributed by atoms with Crippen LogP contribution in [0.3, 0.4) is 0 Å². The molecule has 0 bridgehead atoms. The molecule has 0 aliphatic heterocycles. The Morgan fingerprint density at radius 1 is 1.28 bits per heavy atom. The molecule has 0 saturated carbocycles. The van der Waals surface area contributed by atoms with Gasteiger partial charge in [0, 0.05) is 23.3 Å². The average molecular weight is 369 g/mol. The van der Waals surface area contributed by atoms with Crippen LogP contribution in [0.1, 0.15) is 18.2 Å². The summed E-state index contributed by atoms with van der Waals surface area (Å²) in [7, 11) is 0. The van der Waals surface area contributed by atoms with Crippen LogP contribution in [-0.4, -0.2) is 24.1 Å². The number of benzene rings is 1. The molecule has 5 nitrogen and oxygen atoms in total. The highest BCUT2D eigenvalue weighted by molar-refractivity contribution is 6.30. The molecule has 134 valence electrons. The van der Waals surface area contributed by atoms with Crippen molar-refractivity contribution in [1.82, 2.24) is 15.6 Å². The SMILES string of the molecule is CCNC(=NCc1cc(Cl)ccc1OC(F)F)NCc1ccccn1. The topological polar surface area (TPSA) is 58.5 Å². The van der Waals surface area contributed by atoms with Crippen LogP contribution in [0.15, 0.2) is 47.6 Å². The second-order valence-electron chi connectivity index (χ2n) is 5.00. The van der Waals surface area contributed by atoms with E-state index in [0.29, 0.717) is 29.6 Å². The molecule has 1 aromatic carbocycles. The Kier molecular flexibility index (Phi) is 7.40. The number of rotatable bonds is 7. The number of aromatic nitrogens is 1. The summed E-state index contributed by atoms with van der Waals surface area (Å²) in [6.45, 7) is 0.314. The molecule has 2 aromatic rings. The maximum atomic E-state index is 12.5. The zero-order valence-corrected chi connectivity index (χ0v) is 14.4. The van der Waals surface area contributed by atoms with E-state index < -0.39 is 6.61 Å². The first-order valence-electron chi connectivity index (χ1n) is 7.73. The first kappa shape index (κ1) is 18.9. The number of hydrogen-bond acceptors (Lipinski definition) is 3. The van der Waals surface area contributed by atoms with Gasteiger partial charge in [0.15, 0.2) is 5.96 Å². The van der Waals surface area contributed by atoms with E-state index in [9.17, 15) is 8.78 Å². The van der Waals surface area contributed by atoms with Crippen LogP contribution in [0, 0.1) is 0 Å². The summed E-state index contributed by atoms with van der Waals surface area (Å²) in [5.41, 5.74) is 1.33. The van der Waals surface area contributed by atoms with E-state index >= 15 is 0 Å². The number of halogens is 3. The Balaban J connectivity index is 2.08. The van der Waals surface area contributed by atoms with Crippen LogP contribution in [0.4, 0.5) is 8.78 Å². The minimum absolute atomic E-state index is 0.0590. The van der Waals surface area contributed by atoms with Crippen molar-refractivity contribution in [3.05, 3.63) is 58.9 Å². The summed E-state index contributed by atoms with van der Waals surface area (Å²) in [5.74, 6) is 0.597. The molecule has 0 atom stereocenters. The fraction of sp³-hybridized carbons (Fsp3) is 0.294. The quantitative estimate of drug-likeness (QED) is 0.579. The first-order valence-corrected chi connectivity index (χ1v) is 8.11. The summed E-state index contributed by atoms with van der Waals surface area (Å²) < 4.78 is 29.5. The third-order valence-corrected chi connectivity index (χ3v) is 3.39. The fourth-order valence-electron chi connectivity index (χ4n) is 2.07. The lowest BCUT2D eigenvalue weighted by Crippen LogP contribution is -2.37. The van der Waals surface area contributed by atoms with Crippen molar-refractivity contribution in [3.63, 3.8) is 0 Å². The molecule has 0 saturated heterocycles. The molecule has 1 aromatic heterocycles. The number of ether oxygens (including phenoxy) is 1. The summed E-state index contributed by atoms with van der Waals surface area (Å²) in [5, 5.41) is 6.65. The molecule has 0 radical (unpaired) electrons. The van der Waals surface area contributed by atoms with Crippen molar-refractivity contribution < 1.29 is 13.5 Å². The third kappa shape index (κ3) is 6.54. The van der Waals surface area contributed by atoms with E-state index in [1.807, 2.05) is 25.1 Å². The molecule has 0 amide bonds. The van der Waals surface area contributed by atoms with E-state index in [-0.39, 0.29) is 12.3 Å². The van der Waals surface area contributed by atoms with Crippen LogP contribution in [0.2, 0.25) is 5.02 Å². The molecule has 8 heteroatoms. The molecule has 0 spiro atoms. The maximum absolute atomic E-state index is 12.5. The summed E-state index contributed by atoms with van der Waals surface area (Å²) in [6, 6.07) is 10.1. The highest BCUT2D eigenvalue weighted by atomic mass is 35.5. The fourth-order valence-corrected chi connectivity index (χ4v) is 2.26. The molecule has 0 fully saturated rings. The van der Waals surface area contributed by atoms with Gasteiger partial charge in [0.05, 0.1) is 18.8 Å². The Bertz CT molecular complexity index is 698. The molecule has 1 heterocycles. The number of hydrogen-bond donors (Lipinski definition) is 2. The number of nitrogens with one attached hydrogen (secondary N) is 2. The van der Waals surface area contributed by atoms with Gasteiger partial charge >= 0.3 is 6.61 Å². The lowest BCUT2D eigenvalue weighted by molar-refractivity contribution is -0.0504. The van der Waals surface area contributed by atoms with E-state index in [1.54, 1.807) is 12.3 Å². The Hall–Kier alpha value is -2.41. The number of pyridine rings is 1. The Morgan fingerprint density at radius 2 is 2.12 bits per heavy atom. The standard InChI is InChI=1S/C17H19ClF2N4O/c1-2-21-17(24-11-14-5-3-4-8-22-14)23-10-12-9-13(18)6-7-15(12)25-16(19)20/h3-9,16H,2,10-11H2,1H3,(H2,21,23,24). The summed E-state index contributed by atoms with van der Waals surface area (Å²) in [4.78, 5) is 8.61. The van der Waals surface area contributed by atoms with Crippen molar-refractivity contribution >= 4 is 17.6 Å². The van der Waals surface area contributed by atoms with E-state index in [1.165, 1.54) is 12.1 Å². The van der Waals surface area contributed by atoms with Crippen molar-refractivity contribution in [2.45, 2.75) is 26.6 Å². The molecule has 0 aliphatic carbocycles. The lowest BCUT2D eigenvalue weighted by Gasteiger charge is -2.13. The predicted molar refractivity (Wildman–Crippen MR) is 94.0 cm³/mol. The first-order chi connectivity index (χ1) is 12.1. The van der Waals surface area contributed by atoms with Crippen molar-refractivity contribution in [2.75, 3.05) is 6.54 Å². The molecule has 0 unspecified atom stereocenters. The molecular formula is C17H19ClF2N4O. The zero-order chi connectivity index (χ0) is 18.1. The van der Waals surface area contributed by atoms with Crippen LogP contribution in [0.25, 0.3) is 0 Å². The second kappa shape index (κ2) is 9.78.